The van der Waals surface area contributed by atoms with E-state index < -0.39 is 11.5 Å². The molecule has 1 aliphatic carbocycles. The van der Waals surface area contributed by atoms with Crippen molar-refractivity contribution in [2.24, 2.45) is 5.41 Å². The Balaban J connectivity index is 2.85. The van der Waals surface area contributed by atoms with Gasteiger partial charge < -0.3 is 10.0 Å². The number of carbonyl (C=O) groups is 1. The van der Waals surface area contributed by atoms with Gasteiger partial charge in [-0.25, -0.2) is 0 Å². The summed E-state index contributed by atoms with van der Waals surface area (Å²) in [5.74, 6) is -0.138. The zero-order valence-electron chi connectivity index (χ0n) is 11.6. The average Bonchev–Trinajstić information content (AvgIpc) is 2.41. The summed E-state index contributed by atoms with van der Waals surface area (Å²) in [6.07, 6.45) is 4.23. The number of aliphatic hydroxyl groups excluding tert-OH is 1. The molecule has 0 aliphatic heterocycles. The van der Waals surface area contributed by atoms with Crippen molar-refractivity contribution >= 4 is 5.91 Å². The number of nitriles is 1. The lowest BCUT2D eigenvalue weighted by molar-refractivity contribution is -0.143. The maximum absolute atomic E-state index is 12.5. The van der Waals surface area contributed by atoms with Crippen molar-refractivity contribution in [2.45, 2.75) is 64.5 Å². The Hall–Kier alpha value is -1.08. The number of rotatable bonds is 4. The highest BCUT2D eigenvalue weighted by Gasteiger charge is 2.41. The van der Waals surface area contributed by atoms with Gasteiger partial charge >= 0.3 is 0 Å². The van der Waals surface area contributed by atoms with E-state index in [4.69, 9.17) is 0 Å². The minimum atomic E-state index is -0.925. The normalized spacial score (nSPS) is 24.4. The molecule has 0 aromatic rings. The Morgan fingerprint density at radius 2 is 1.94 bits per heavy atom. The number of likely N-dealkylation sites (N-methyl/N-ethyl adjacent to an activating group) is 1. The highest BCUT2D eigenvalue weighted by atomic mass is 16.3. The Morgan fingerprint density at radius 3 is 2.39 bits per heavy atom. The minimum absolute atomic E-state index is 0.128. The van der Waals surface area contributed by atoms with E-state index >= 15 is 0 Å². The van der Waals surface area contributed by atoms with E-state index in [9.17, 15) is 15.2 Å². The monoisotopic (exact) mass is 252 g/mol. The second kappa shape index (κ2) is 6.19. The third-order valence-corrected chi connectivity index (χ3v) is 4.34. The summed E-state index contributed by atoms with van der Waals surface area (Å²) in [4.78, 5) is 14.1. The van der Waals surface area contributed by atoms with Crippen LogP contribution in [-0.4, -0.2) is 35.1 Å². The Bertz CT molecular complexity index is 331. The van der Waals surface area contributed by atoms with E-state index in [-0.39, 0.29) is 11.9 Å². The first-order chi connectivity index (χ1) is 8.52. The molecule has 1 aliphatic rings. The molecule has 1 N–H and O–H groups in total. The van der Waals surface area contributed by atoms with Gasteiger partial charge in [-0.2, -0.15) is 5.26 Å². The van der Waals surface area contributed by atoms with E-state index in [2.05, 4.69) is 6.07 Å². The molecular formula is C14H24N2O2. The first-order valence-corrected chi connectivity index (χ1v) is 6.89. The zero-order valence-corrected chi connectivity index (χ0v) is 11.6. The van der Waals surface area contributed by atoms with Crippen LogP contribution in [0.1, 0.15) is 52.4 Å². The molecule has 0 aromatic carbocycles. The van der Waals surface area contributed by atoms with Crippen LogP contribution in [0, 0.1) is 16.7 Å². The van der Waals surface area contributed by atoms with Crippen LogP contribution in [-0.2, 0) is 4.79 Å². The van der Waals surface area contributed by atoms with Crippen molar-refractivity contribution in [3.63, 3.8) is 0 Å². The number of carbonyl (C=O) groups excluding carboxylic acids is 1. The molecule has 0 saturated heterocycles. The fraction of sp³-hybridized carbons (Fsp3) is 0.857. The molecule has 1 saturated carbocycles. The molecule has 1 amide bonds. The van der Waals surface area contributed by atoms with Gasteiger partial charge in [0.15, 0.2) is 0 Å². The molecule has 0 heterocycles. The molecular weight excluding hydrogens is 228 g/mol. The summed E-state index contributed by atoms with van der Waals surface area (Å²) in [5.41, 5.74) is -0.925. The van der Waals surface area contributed by atoms with Crippen LogP contribution < -0.4 is 0 Å². The lowest BCUT2D eigenvalue weighted by Crippen LogP contribution is -2.51. The van der Waals surface area contributed by atoms with Crippen molar-refractivity contribution < 1.29 is 9.90 Å². The smallest absolute Gasteiger partial charge is 0.243 e. The highest BCUT2D eigenvalue weighted by molar-refractivity contribution is 5.85. The average molecular weight is 252 g/mol. The quantitative estimate of drug-likeness (QED) is 0.833. The van der Waals surface area contributed by atoms with Gasteiger partial charge in [-0.15, -0.1) is 0 Å². The Morgan fingerprint density at radius 1 is 1.39 bits per heavy atom. The summed E-state index contributed by atoms with van der Waals surface area (Å²) in [7, 11) is 1.72. The molecule has 0 spiro atoms. The Labute approximate surface area is 110 Å². The molecule has 102 valence electrons. The molecule has 1 rings (SSSR count). The standard InChI is InChI=1S/C14H24N2O2/c1-4-14(5-2,10-15)13(18)16(3)11-8-6-7-9-12(11)17/h11-12,17H,4-9H2,1-3H3. The summed E-state index contributed by atoms with van der Waals surface area (Å²) in [5, 5.41) is 19.3. The first kappa shape index (κ1) is 15.0. The van der Waals surface area contributed by atoms with Gasteiger partial charge in [0, 0.05) is 7.05 Å². The van der Waals surface area contributed by atoms with Gasteiger partial charge in [0.2, 0.25) is 5.91 Å². The molecule has 18 heavy (non-hydrogen) atoms. The molecule has 0 radical (unpaired) electrons. The Kier molecular flexibility index (Phi) is 5.15. The second-order valence-electron chi connectivity index (χ2n) is 5.24. The third kappa shape index (κ3) is 2.67. The fourth-order valence-corrected chi connectivity index (χ4v) is 2.79. The number of amides is 1. The number of nitrogens with zero attached hydrogens (tertiary/aromatic N) is 2. The van der Waals surface area contributed by atoms with Gasteiger partial charge in [0.25, 0.3) is 0 Å². The van der Waals surface area contributed by atoms with Crippen LogP contribution >= 0.6 is 0 Å². The lowest BCUT2D eigenvalue weighted by Gasteiger charge is -2.38. The largest absolute Gasteiger partial charge is 0.391 e. The van der Waals surface area contributed by atoms with Crippen LogP contribution in [0.5, 0.6) is 0 Å². The summed E-state index contributed by atoms with van der Waals surface area (Å²) >= 11 is 0. The maximum atomic E-state index is 12.5. The van der Waals surface area contributed by atoms with Crippen molar-refractivity contribution in [1.29, 1.82) is 5.26 Å². The zero-order chi connectivity index (χ0) is 13.8. The van der Waals surface area contributed by atoms with Gasteiger partial charge in [-0.1, -0.05) is 26.7 Å². The van der Waals surface area contributed by atoms with Crippen molar-refractivity contribution in [1.82, 2.24) is 4.90 Å². The molecule has 0 aromatic heterocycles. The maximum Gasteiger partial charge on any atom is 0.243 e. The van der Waals surface area contributed by atoms with E-state index in [1.54, 1.807) is 11.9 Å². The van der Waals surface area contributed by atoms with Crippen molar-refractivity contribution in [3.05, 3.63) is 0 Å². The summed E-state index contributed by atoms with van der Waals surface area (Å²) in [6, 6.07) is 2.05. The van der Waals surface area contributed by atoms with Gasteiger partial charge in [0.05, 0.1) is 18.2 Å². The number of aliphatic hydroxyl groups is 1. The van der Waals surface area contributed by atoms with Crippen LogP contribution in [0.2, 0.25) is 0 Å². The van der Waals surface area contributed by atoms with Crippen molar-refractivity contribution in [2.75, 3.05) is 7.05 Å². The van der Waals surface area contributed by atoms with E-state index in [0.717, 1.165) is 25.7 Å². The van der Waals surface area contributed by atoms with E-state index in [1.807, 2.05) is 13.8 Å². The van der Waals surface area contributed by atoms with Crippen LogP contribution in [0.4, 0.5) is 0 Å². The molecule has 2 unspecified atom stereocenters. The molecule has 1 fully saturated rings. The lowest BCUT2D eigenvalue weighted by atomic mass is 9.81. The minimum Gasteiger partial charge on any atom is -0.391 e. The summed E-state index contributed by atoms with van der Waals surface area (Å²) in [6.45, 7) is 3.74. The van der Waals surface area contributed by atoms with E-state index in [0.29, 0.717) is 12.8 Å². The number of hydrogen-bond donors (Lipinski definition) is 1. The fourth-order valence-electron chi connectivity index (χ4n) is 2.79. The predicted molar refractivity (Wildman–Crippen MR) is 69.7 cm³/mol. The SMILES string of the molecule is CCC(C#N)(CC)C(=O)N(C)C1CCCCC1O. The van der Waals surface area contributed by atoms with Crippen LogP contribution in [0.3, 0.4) is 0 Å². The molecule has 2 atom stereocenters. The first-order valence-electron chi connectivity index (χ1n) is 6.89. The third-order valence-electron chi connectivity index (χ3n) is 4.34. The molecule has 4 heteroatoms. The van der Waals surface area contributed by atoms with E-state index in [1.165, 1.54) is 0 Å². The highest BCUT2D eigenvalue weighted by Crippen LogP contribution is 2.31. The van der Waals surface area contributed by atoms with Crippen LogP contribution in [0.15, 0.2) is 0 Å². The van der Waals surface area contributed by atoms with Gasteiger partial charge in [-0.3, -0.25) is 4.79 Å². The predicted octanol–water partition coefficient (Wildman–Crippen LogP) is 2.08. The van der Waals surface area contributed by atoms with Crippen molar-refractivity contribution in [3.8, 4) is 6.07 Å². The number of hydrogen-bond acceptors (Lipinski definition) is 3. The van der Waals surface area contributed by atoms with Gasteiger partial charge in [0.1, 0.15) is 5.41 Å². The second-order valence-corrected chi connectivity index (χ2v) is 5.24. The molecule has 4 nitrogen and oxygen atoms in total. The summed E-state index contributed by atoms with van der Waals surface area (Å²) < 4.78 is 0. The van der Waals surface area contributed by atoms with Crippen LogP contribution in [0.25, 0.3) is 0 Å². The topological polar surface area (TPSA) is 64.3 Å². The van der Waals surface area contributed by atoms with Gasteiger partial charge in [-0.05, 0) is 25.7 Å². The molecule has 0 bridgehead atoms.